The first-order valence-electron chi connectivity index (χ1n) is 7.47. The lowest BCUT2D eigenvalue weighted by Crippen LogP contribution is -2.10. The third-order valence-electron chi connectivity index (χ3n) is 3.84. The highest BCUT2D eigenvalue weighted by Gasteiger charge is 2.16. The molecule has 0 radical (unpaired) electrons. The summed E-state index contributed by atoms with van der Waals surface area (Å²) < 4.78 is 6.82. The van der Waals surface area contributed by atoms with Crippen molar-refractivity contribution in [2.45, 2.75) is 13.3 Å². The highest BCUT2D eigenvalue weighted by molar-refractivity contribution is 6.30. The standard InChI is InChI=1S/C19H16ClNO3/c1-12(22)9-14-11-21(18-8-7-16(24-2)10-17(14)18)19(23)13-3-5-15(20)6-4-13/h3-8,10-11H,9H2,1-2H3. The molecule has 0 saturated carbocycles. The van der Waals surface area contributed by atoms with E-state index in [0.29, 0.717) is 16.3 Å². The van der Waals surface area contributed by atoms with Crippen LogP contribution in [0.15, 0.2) is 48.7 Å². The third-order valence-corrected chi connectivity index (χ3v) is 4.10. The average Bonchev–Trinajstić information content (AvgIpc) is 2.92. The van der Waals surface area contributed by atoms with Crippen LogP contribution in [0.1, 0.15) is 22.8 Å². The molecular weight excluding hydrogens is 326 g/mol. The smallest absolute Gasteiger partial charge is 0.262 e. The molecule has 5 heteroatoms. The lowest BCUT2D eigenvalue weighted by atomic mass is 10.1. The average molecular weight is 342 g/mol. The molecule has 3 rings (SSSR count). The van der Waals surface area contributed by atoms with Gasteiger partial charge in [-0.25, -0.2) is 0 Å². The molecule has 2 aromatic carbocycles. The molecule has 0 bridgehead atoms. The second-order valence-corrected chi connectivity index (χ2v) is 6.03. The first kappa shape index (κ1) is 16.3. The minimum absolute atomic E-state index is 0.0378. The van der Waals surface area contributed by atoms with Crippen LogP contribution in [0.3, 0.4) is 0 Å². The van der Waals surface area contributed by atoms with Gasteiger partial charge in [0.25, 0.3) is 5.91 Å². The summed E-state index contributed by atoms with van der Waals surface area (Å²) in [4.78, 5) is 24.4. The number of hydrogen-bond acceptors (Lipinski definition) is 3. The lowest BCUT2D eigenvalue weighted by molar-refractivity contribution is -0.116. The van der Waals surface area contributed by atoms with Crippen LogP contribution < -0.4 is 4.74 Å². The van der Waals surface area contributed by atoms with Crippen molar-refractivity contribution >= 4 is 34.2 Å². The van der Waals surface area contributed by atoms with Crippen molar-refractivity contribution in [3.8, 4) is 5.75 Å². The summed E-state index contributed by atoms with van der Waals surface area (Å²) in [6.45, 7) is 1.53. The van der Waals surface area contributed by atoms with E-state index in [9.17, 15) is 9.59 Å². The Kier molecular flexibility index (Phi) is 4.40. The van der Waals surface area contributed by atoms with E-state index in [0.717, 1.165) is 16.5 Å². The summed E-state index contributed by atoms with van der Waals surface area (Å²) in [6, 6.07) is 12.2. The number of Topliss-reactive ketones (excluding diaryl/α,β-unsaturated/α-hetero) is 1. The number of benzene rings is 2. The first-order valence-corrected chi connectivity index (χ1v) is 7.85. The van der Waals surface area contributed by atoms with Crippen LogP contribution in [0.5, 0.6) is 5.75 Å². The molecule has 3 aromatic rings. The van der Waals surface area contributed by atoms with Crippen LogP contribution >= 0.6 is 11.6 Å². The van der Waals surface area contributed by atoms with Gasteiger partial charge in [-0.2, -0.15) is 0 Å². The Morgan fingerprint density at radius 1 is 1.12 bits per heavy atom. The largest absolute Gasteiger partial charge is 0.497 e. The molecule has 1 aromatic heterocycles. The number of ketones is 1. The molecule has 0 N–H and O–H groups in total. The molecule has 0 aliphatic heterocycles. The number of carbonyl (C=O) groups is 2. The monoisotopic (exact) mass is 341 g/mol. The molecule has 0 unspecified atom stereocenters. The number of rotatable bonds is 4. The lowest BCUT2D eigenvalue weighted by Gasteiger charge is -2.05. The predicted octanol–water partition coefficient (Wildman–Crippen LogP) is 4.12. The number of carbonyl (C=O) groups excluding carboxylic acids is 2. The molecule has 1 heterocycles. The Labute approximate surface area is 144 Å². The molecule has 0 fully saturated rings. The van der Waals surface area contributed by atoms with Gasteiger partial charge in [-0.1, -0.05) is 11.6 Å². The van der Waals surface area contributed by atoms with Crippen molar-refractivity contribution in [2.75, 3.05) is 7.11 Å². The Morgan fingerprint density at radius 3 is 2.46 bits per heavy atom. The zero-order valence-electron chi connectivity index (χ0n) is 13.4. The molecule has 0 saturated heterocycles. The fourth-order valence-corrected chi connectivity index (χ4v) is 2.84. The van der Waals surface area contributed by atoms with Crippen molar-refractivity contribution in [3.05, 3.63) is 64.8 Å². The molecule has 24 heavy (non-hydrogen) atoms. The van der Waals surface area contributed by atoms with Crippen molar-refractivity contribution < 1.29 is 14.3 Å². The molecule has 0 spiro atoms. The minimum Gasteiger partial charge on any atom is -0.497 e. The zero-order valence-corrected chi connectivity index (χ0v) is 14.1. The van der Waals surface area contributed by atoms with Gasteiger partial charge in [-0.05, 0) is 55.0 Å². The Morgan fingerprint density at radius 2 is 1.83 bits per heavy atom. The molecule has 0 atom stereocenters. The molecule has 122 valence electrons. The topological polar surface area (TPSA) is 48.3 Å². The van der Waals surface area contributed by atoms with Crippen LogP contribution in [-0.4, -0.2) is 23.4 Å². The van der Waals surface area contributed by atoms with Gasteiger partial charge in [0.1, 0.15) is 11.5 Å². The zero-order chi connectivity index (χ0) is 17.3. The van der Waals surface area contributed by atoms with E-state index < -0.39 is 0 Å². The van der Waals surface area contributed by atoms with Crippen LogP contribution in [0, 0.1) is 0 Å². The molecule has 4 nitrogen and oxygen atoms in total. The van der Waals surface area contributed by atoms with Crippen LogP contribution in [-0.2, 0) is 11.2 Å². The quantitative estimate of drug-likeness (QED) is 0.717. The van der Waals surface area contributed by atoms with E-state index in [-0.39, 0.29) is 18.1 Å². The van der Waals surface area contributed by atoms with Gasteiger partial charge in [0.2, 0.25) is 0 Å². The first-order chi connectivity index (χ1) is 11.5. The summed E-state index contributed by atoms with van der Waals surface area (Å²) >= 11 is 5.88. The fraction of sp³-hybridized carbons (Fsp3) is 0.158. The number of ether oxygens (including phenoxy) is 1. The van der Waals surface area contributed by atoms with Crippen LogP contribution in [0.25, 0.3) is 10.9 Å². The highest BCUT2D eigenvalue weighted by atomic mass is 35.5. The number of fused-ring (bicyclic) bond motifs is 1. The summed E-state index contributed by atoms with van der Waals surface area (Å²) in [6.07, 6.45) is 1.99. The Hall–Kier alpha value is -2.59. The predicted molar refractivity (Wildman–Crippen MR) is 94.1 cm³/mol. The maximum absolute atomic E-state index is 12.8. The maximum atomic E-state index is 12.8. The molecular formula is C19H16ClNO3. The number of nitrogens with zero attached hydrogens (tertiary/aromatic N) is 1. The van der Waals surface area contributed by atoms with E-state index >= 15 is 0 Å². The van der Waals surface area contributed by atoms with E-state index in [1.54, 1.807) is 48.2 Å². The van der Waals surface area contributed by atoms with Gasteiger partial charge in [-0.3, -0.25) is 14.2 Å². The van der Waals surface area contributed by atoms with Gasteiger partial charge in [0, 0.05) is 28.6 Å². The molecule has 0 amide bonds. The van der Waals surface area contributed by atoms with Gasteiger partial charge >= 0.3 is 0 Å². The highest BCUT2D eigenvalue weighted by Crippen LogP contribution is 2.27. The van der Waals surface area contributed by atoms with Crippen molar-refractivity contribution in [1.29, 1.82) is 0 Å². The summed E-state index contributed by atoms with van der Waals surface area (Å²) in [5.74, 6) is 0.552. The third kappa shape index (κ3) is 3.05. The normalized spacial score (nSPS) is 10.8. The van der Waals surface area contributed by atoms with E-state index in [1.165, 1.54) is 6.92 Å². The number of hydrogen-bond donors (Lipinski definition) is 0. The Balaban J connectivity index is 2.15. The van der Waals surface area contributed by atoms with Gasteiger partial charge in [0.15, 0.2) is 0 Å². The second kappa shape index (κ2) is 6.49. The van der Waals surface area contributed by atoms with Crippen molar-refractivity contribution in [1.82, 2.24) is 4.57 Å². The van der Waals surface area contributed by atoms with Gasteiger partial charge < -0.3 is 4.74 Å². The van der Waals surface area contributed by atoms with Crippen LogP contribution in [0.4, 0.5) is 0 Å². The van der Waals surface area contributed by atoms with Gasteiger partial charge in [-0.15, -0.1) is 0 Å². The van der Waals surface area contributed by atoms with E-state index in [4.69, 9.17) is 16.3 Å². The summed E-state index contributed by atoms with van der Waals surface area (Å²) in [5, 5.41) is 1.41. The fourth-order valence-electron chi connectivity index (χ4n) is 2.71. The minimum atomic E-state index is -0.170. The van der Waals surface area contributed by atoms with Gasteiger partial charge in [0.05, 0.1) is 12.6 Å². The SMILES string of the molecule is COc1ccc2c(c1)c(CC(C)=O)cn2C(=O)c1ccc(Cl)cc1. The number of halogens is 1. The maximum Gasteiger partial charge on any atom is 0.262 e. The number of aromatic nitrogens is 1. The Bertz CT molecular complexity index is 926. The summed E-state index contributed by atoms with van der Waals surface area (Å²) in [7, 11) is 1.58. The van der Waals surface area contributed by atoms with Crippen molar-refractivity contribution in [3.63, 3.8) is 0 Å². The van der Waals surface area contributed by atoms with Crippen LogP contribution in [0.2, 0.25) is 5.02 Å². The molecule has 0 aliphatic carbocycles. The summed E-state index contributed by atoms with van der Waals surface area (Å²) in [5.41, 5.74) is 2.08. The second-order valence-electron chi connectivity index (χ2n) is 5.60. The number of methoxy groups -OCH3 is 1. The van der Waals surface area contributed by atoms with E-state index in [2.05, 4.69) is 0 Å². The van der Waals surface area contributed by atoms with Crippen molar-refractivity contribution in [2.24, 2.45) is 0 Å². The van der Waals surface area contributed by atoms with E-state index in [1.807, 2.05) is 12.1 Å². The molecule has 0 aliphatic rings.